The fourth-order valence-electron chi connectivity index (χ4n) is 2.60. The van der Waals surface area contributed by atoms with Crippen molar-refractivity contribution in [3.8, 4) is 5.75 Å². The molecule has 1 aromatic rings. The fourth-order valence-corrected chi connectivity index (χ4v) is 2.60. The van der Waals surface area contributed by atoms with Crippen LogP contribution < -0.4 is 10.5 Å². The van der Waals surface area contributed by atoms with Crippen LogP contribution in [0.3, 0.4) is 0 Å². The molecule has 1 saturated carbocycles. The van der Waals surface area contributed by atoms with Crippen LogP contribution in [0, 0.1) is 0 Å². The van der Waals surface area contributed by atoms with E-state index < -0.39 is 0 Å². The van der Waals surface area contributed by atoms with E-state index in [-0.39, 0.29) is 5.41 Å². The monoisotopic (exact) mass is 221 g/mol. The zero-order valence-corrected chi connectivity index (χ0v) is 9.90. The summed E-state index contributed by atoms with van der Waals surface area (Å²) >= 11 is 0. The lowest BCUT2D eigenvalue weighted by Gasteiger charge is -2.46. The second-order valence-corrected chi connectivity index (χ2v) is 4.61. The molecular formula is C13H19NO2. The first-order valence-corrected chi connectivity index (χ1v) is 5.59. The normalized spacial score (nSPS) is 28.6. The van der Waals surface area contributed by atoms with Gasteiger partial charge in [0.2, 0.25) is 0 Å². The molecule has 3 heteroatoms. The van der Waals surface area contributed by atoms with E-state index in [0.717, 1.165) is 25.2 Å². The first-order chi connectivity index (χ1) is 7.70. The maximum absolute atomic E-state index is 5.90. The van der Waals surface area contributed by atoms with E-state index in [4.69, 9.17) is 15.2 Å². The van der Waals surface area contributed by atoms with Crippen LogP contribution in [0.1, 0.15) is 18.4 Å². The Balaban J connectivity index is 2.19. The SMILES string of the molecule is COCC1(c2ccc(OC)cc2)CC(N)C1. The predicted molar refractivity (Wildman–Crippen MR) is 63.8 cm³/mol. The van der Waals surface area contributed by atoms with Gasteiger partial charge in [-0.25, -0.2) is 0 Å². The Morgan fingerprint density at radius 3 is 2.31 bits per heavy atom. The van der Waals surface area contributed by atoms with Crippen LogP contribution in [0.5, 0.6) is 5.75 Å². The summed E-state index contributed by atoms with van der Waals surface area (Å²) in [5.74, 6) is 0.889. The Hall–Kier alpha value is -1.06. The molecule has 0 radical (unpaired) electrons. The molecule has 1 aromatic carbocycles. The Labute approximate surface area is 96.5 Å². The van der Waals surface area contributed by atoms with E-state index in [0.29, 0.717) is 6.04 Å². The summed E-state index contributed by atoms with van der Waals surface area (Å²) in [5, 5.41) is 0. The number of hydrogen-bond acceptors (Lipinski definition) is 3. The second-order valence-electron chi connectivity index (χ2n) is 4.61. The van der Waals surface area contributed by atoms with Crippen molar-refractivity contribution in [1.82, 2.24) is 0 Å². The minimum atomic E-state index is 0.125. The highest BCUT2D eigenvalue weighted by molar-refractivity contribution is 5.35. The summed E-state index contributed by atoms with van der Waals surface area (Å²) in [6.45, 7) is 0.743. The van der Waals surface area contributed by atoms with Gasteiger partial charge in [0.05, 0.1) is 13.7 Å². The van der Waals surface area contributed by atoms with Gasteiger partial charge >= 0.3 is 0 Å². The highest BCUT2D eigenvalue weighted by atomic mass is 16.5. The van der Waals surface area contributed by atoms with E-state index >= 15 is 0 Å². The lowest BCUT2D eigenvalue weighted by molar-refractivity contribution is 0.0661. The van der Waals surface area contributed by atoms with Crippen LogP contribution in [0.25, 0.3) is 0 Å². The van der Waals surface area contributed by atoms with Crippen LogP contribution in [0.2, 0.25) is 0 Å². The summed E-state index contributed by atoms with van der Waals surface area (Å²) in [7, 11) is 3.42. The van der Waals surface area contributed by atoms with Crippen LogP contribution in [-0.4, -0.2) is 26.9 Å². The van der Waals surface area contributed by atoms with Crippen LogP contribution >= 0.6 is 0 Å². The Morgan fingerprint density at radius 1 is 1.25 bits per heavy atom. The number of benzene rings is 1. The molecule has 0 saturated heterocycles. The van der Waals surface area contributed by atoms with Crippen LogP contribution in [-0.2, 0) is 10.2 Å². The molecule has 0 amide bonds. The summed E-state index contributed by atoms with van der Waals surface area (Å²) < 4.78 is 10.5. The molecule has 0 spiro atoms. The van der Waals surface area contributed by atoms with Gasteiger partial charge in [-0.15, -0.1) is 0 Å². The molecular weight excluding hydrogens is 202 g/mol. The van der Waals surface area contributed by atoms with Crippen molar-refractivity contribution < 1.29 is 9.47 Å². The lowest BCUT2D eigenvalue weighted by atomic mass is 9.62. The highest BCUT2D eigenvalue weighted by Crippen LogP contribution is 2.43. The van der Waals surface area contributed by atoms with Gasteiger partial charge in [0.1, 0.15) is 5.75 Å². The minimum Gasteiger partial charge on any atom is -0.497 e. The minimum absolute atomic E-state index is 0.125. The smallest absolute Gasteiger partial charge is 0.118 e. The third kappa shape index (κ3) is 1.93. The van der Waals surface area contributed by atoms with E-state index in [9.17, 15) is 0 Å². The molecule has 88 valence electrons. The van der Waals surface area contributed by atoms with Gasteiger partial charge in [0.25, 0.3) is 0 Å². The Morgan fingerprint density at radius 2 is 1.88 bits per heavy atom. The Kier molecular flexibility index (Phi) is 3.17. The maximum atomic E-state index is 5.90. The number of hydrogen-bond donors (Lipinski definition) is 1. The number of nitrogens with two attached hydrogens (primary N) is 1. The molecule has 0 aliphatic heterocycles. The molecule has 0 bridgehead atoms. The van der Waals surface area contributed by atoms with Crippen molar-refractivity contribution in [3.05, 3.63) is 29.8 Å². The van der Waals surface area contributed by atoms with E-state index in [1.807, 2.05) is 12.1 Å². The zero-order chi connectivity index (χ0) is 11.6. The van der Waals surface area contributed by atoms with Crippen molar-refractivity contribution in [2.45, 2.75) is 24.3 Å². The quantitative estimate of drug-likeness (QED) is 0.841. The van der Waals surface area contributed by atoms with E-state index in [1.165, 1.54) is 5.56 Å². The molecule has 1 aliphatic carbocycles. The summed E-state index contributed by atoms with van der Waals surface area (Å²) in [5.41, 5.74) is 7.33. The standard InChI is InChI=1S/C13H19NO2/c1-15-9-13(7-11(14)8-13)10-3-5-12(16-2)6-4-10/h3-6,11H,7-9,14H2,1-2H3. The van der Waals surface area contributed by atoms with Gasteiger partial charge in [0, 0.05) is 18.6 Å². The Bertz CT molecular complexity index is 336. The molecule has 0 aromatic heterocycles. The summed E-state index contributed by atoms with van der Waals surface area (Å²) in [6, 6.07) is 8.54. The van der Waals surface area contributed by atoms with E-state index in [2.05, 4.69) is 12.1 Å². The molecule has 0 atom stereocenters. The maximum Gasteiger partial charge on any atom is 0.118 e. The number of methoxy groups -OCH3 is 2. The van der Waals surface area contributed by atoms with Gasteiger partial charge < -0.3 is 15.2 Å². The largest absolute Gasteiger partial charge is 0.497 e. The average molecular weight is 221 g/mol. The van der Waals surface area contributed by atoms with Gasteiger partial charge in [-0.3, -0.25) is 0 Å². The van der Waals surface area contributed by atoms with Crippen molar-refractivity contribution in [2.75, 3.05) is 20.8 Å². The first-order valence-electron chi connectivity index (χ1n) is 5.59. The third-order valence-electron chi connectivity index (χ3n) is 3.43. The van der Waals surface area contributed by atoms with Crippen molar-refractivity contribution in [2.24, 2.45) is 5.73 Å². The fraction of sp³-hybridized carbons (Fsp3) is 0.538. The van der Waals surface area contributed by atoms with Crippen LogP contribution in [0.4, 0.5) is 0 Å². The molecule has 16 heavy (non-hydrogen) atoms. The van der Waals surface area contributed by atoms with Gasteiger partial charge in [-0.1, -0.05) is 12.1 Å². The highest BCUT2D eigenvalue weighted by Gasteiger charge is 2.43. The summed E-state index contributed by atoms with van der Waals surface area (Å²) in [6.07, 6.45) is 2.01. The molecule has 2 N–H and O–H groups in total. The van der Waals surface area contributed by atoms with Crippen molar-refractivity contribution >= 4 is 0 Å². The molecule has 0 heterocycles. The van der Waals surface area contributed by atoms with Crippen molar-refractivity contribution in [1.29, 1.82) is 0 Å². The van der Waals surface area contributed by atoms with Gasteiger partial charge in [0.15, 0.2) is 0 Å². The second kappa shape index (κ2) is 4.44. The lowest BCUT2D eigenvalue weighted by Crippen LogP contribution is -2.51. The molecule has 0 unspecified atom stereocenters. The van der Waals surface area contributed by atoms with E-state index in [1.54, 1.807) is 14.2 Å². The number of ether oxygens (including phenoxy) is 2. The van der Waals surface area contributed by atoms with Gasteiger partial charge in [-0.2, -0.15) is 0 Å². The third-order valence-corrected chi connectivity index (χ3v) is 3.43. The topological polar surface area (TPSA) is 44.5 Å². The number of rotatable bonds is 4. The average Bonchev–Trinajstić information content (AvgIpc) is 2.27. The molecule has 2 rings (SSSR count). The van der Waals surface area contributed by atoms with Gasteiger partial charge in [-0.05, 0) is 30.5 Å². The molecule has 3 nitrogen and oxygen atoms in total. The van der Waals surface area contributed by atoms with Crippen molar-refractivity contribution in [3.63, 3.8) is 0 Å². The first kappa shape index (κ1) is 11.4. The predicted octanol–water partition coefficient (Wildman–Crippen LogP) is 1.70. The molecule has 1 aliphatic rings. The summed E-state index contributed by atoms with van der Waals surface area (Å²) in [4.78, 5) is 0. The molecule has 1 fully saturated rings. The zero-order valence-electron chi connectivity index (χ0n) is 9.90. The van der Waals surface area contributed by atoms with Crippen LogP contribution in [0.15, 0.2) is 24.3 Å².